The molecule has 4 aromatic heterocycles. The number of rotatable bonds is 6. The van der Waals surface area contributed by atoms with Gasteiger partial charge in [-0.05, 0) is 125 Å². The van der Waals surface area contributed by atoms with Gasteiger partial charge in [-0.2, -0.15) is 0 Å². The van der Waals surface area contributed by atoms with Crippen molar-refractivity contribution in [2.75, 3.05) is 0 Å². The fourth-order valence-electron chi connectivity index (χ4n) is 11.6. The number of benzene rings is 11. The number of aromatic nitrogens is 4. The quantitative estimate of drug-likeness (QED) is 0.158. The maximum Gasteiger partial charge on any atom is 0.0548 e. The van der Waals surface area contributed by atoms with Crippen LogP contribution in [-0.4, -0.2) is 18.3 Å². The van der Waals surface area contributed by atoms with Gasteiger partial charge >= 0.3 is 0 Å². The topological polar surface area (TPSA) is 19.7 Å². The summed E-state index contributed by atoms with van der Waals surface area (Å²) < 4.78 is 9.65. The fourth-order valence-corrected chi connectivity index (χ4v) is 11.6. The Bertz CT molecular complexity index is 4550. The molecule has 0 N–H and O–H groups in total. The first-order valence-corrected chi connectivity index (χ1v) is 24.1. The lowest BCUT2D eigenvalue weighted by molar-refractivity contribution is 1.17. The zero-order valence-electron chi connectivity index (χ0n) is 38.0. The Morgan fingerprint density at radius 3 is 0.900 bits per heavy atom. The Balaban J connectivity index is 0.834. The number of hydrogen-bond acceptors (Lipinski definition) is 0. The minimum atomic E-state index is 1.14. The molecule has 326 valence electrons. The molecule has 0 bridgehead atoms. The van der Waals surface area contributed by atoms with Crippen LogP contribution in [0.4, 0.5) is 0 Å². The Kier molecular flexibility index (Phi) is 8.33. The van der Waals surface area contributed by atoms with Crippen molar-refractivity contribution in [3.05, 3.63) is 255 Å². The monoisotopic (exact) mass is 890 g/mol. The summed E-state index contributed by atoms with van der Waals surface area (Å²) in [6, 6.07) is 93.4. The summed E-state index contributed by atoms with van der Waals surface area (Å²) in [5.74, 6) is 0. The molecule has 15 aromatic rings. The molecule has 15 rings (SSSR count). The maximum atomic E-state index is 2.44. The van der Waals surface area contributed by atoms with Crippen LogP contribution in [0.5, 0.6) is 0 Å². The third-order valence-corrected chi connectivity index (χ3v) is 14.8. The van der Waals surface area contributed by atoms with E-state index in [1.165, 1.54) is 115 Å². The van der Waals surface area contributed by atoms with E-state index in [9.17, 15) is 0 Å². The fraction of sp³-hybridized carbons (Fsp3) is 0. The van der Waals surface area contributed by atoms with Gasteiger partial charge in [-0.3, -0.25) is 0 Å². The van der Waals surface area contributed by atoms with Crippen LogP contribution < -0.4 is 0 Å². The van der Waals surface area contributed by atoms with Gasteiger partial charge in [0.1, 0.15) is 0 Å². The van der Waals surface area contributed by atoms with E-state index in [0.29, 0.717) is 0 Å². The predicted molar refractivity (Wildman–Crippen MR) is 295 cm³/mol. The first-order valence-electron chi connectivity index (χ1n) is 24.1. The molecule has 0 atom stereocenters. The van der Waals surface area contributed by atoms with Crippen LogP contribution in [0.15, 0.2) is 255 Å². The second kappa shape index (κ2) is 15.1. The minimum absolute atomic E-state index is 1.14. The molecule has 0 aliphatic carbocycles. The largest absolute Gasteiger partial charge is 0.309 e. The highest BCUT2D eigenvalue weighted by Gasteiger charge is 2.20. The molecule has 4 heteroatoms. The molecule has 70 heavy (non-hydrogen) atoms. The van der Waals surface area contributed by atoms with E-state index < -0.39 is 0 Å². The van der Waals surface area contributed by atoms with Gasteiger partial charge in [0, 0.05) is 65.8 Å². The van der Waals surface area contributed by atoms with Gasteiger partial charge in [-0.1, -0.05) is 152 Å². The van der Waals surface area contributed by atoms with Crippen molar-refractivity contribution in [2.24, 2.45) is 0 Å². The highest BCUT2D eigenvalue weighted by atomic mass is 15.0. The summed E-state index contributed by atoms with van der Waals surface area (Å²) in [7, 11) is 0. The normalized spacial score (nSPS) is 12.0. The van der Waals surface area contributed by atoms with Crippen molar-refractivity contribution < 1.29 is 0 Å². The van der Waals surface area contributed by atoms with Crippen molar-refractivity contribution in [1.29, 1.82) is 0 Å². The molecule has 0 saturated carbocycles. The van der Waals surface area contributed by atoms with E-state index >= 15 is 0 Å². The van der Waals surface area contributed by atoms with Gasteiger partial charge in [-0.15, -0.1) is 0 Å². The van der Waals surface area contributed by atoms with Crippen LogP contribution in [0.2, 0.25) is 0 Å². The molecule has 0 fully saturated rings. The summed E-state index contributed by atoms with van der Waals surface area (Å²) >= 11 is 0. The Hall–Kier alpha value is -9.38. The van der Waals surface area contributed by atoms with Crippen LogP contribution in [0.3, 0.4) is 0 Å². The van der Waals surface area contributed by atoms with E-state index in [1.807, 2.05) is 0 Å². The first-order chi connectivity index (χ1) is 34.7. The third-order valence-electron chi connectivity index (χ3n) is 14.8. The van der Waals surface area contributed by atoms with Gasteiger partial charge in [0.15, 0.2) is 0 Å². The van der Waals surface area contributed by atoms with E-state index in [4.69, 9.17) is 0 Å². The summed E-state index contributed by atoms with van der Waals surface area (Å²) in [6.45, 7) is 0. The highest BCUT2D eigenvalue weighted by molar-refractivity contribution is 6.19. The zero-order valence-corrected chi connectivity index (χ0v) is 38.0. The SMILES string of the molecule is c1ccc(-n2c3ccccc3c3cc(-c4ccc(-n5c6ccccc6c6cc7c(cc65)c5ccccc5n7-c5ccc(-c6ccc7c8ccccc8n(-c8ccccc8)c7c6)cc5)cc4)ccc32)cc1. The number of hydrogen-bond donors (Lipinski definition) is 0. The van der Waals surface area contributed by atoms with Gasteiger partial charge < -0.3 is 18.3 Å². The molecule has 0 aliphatic heterocycles. The third kappa shape index (κ3) is 5.71. The van der Waals surface area contributed by atoms with Crippen molar-refractivity contribution in [3.8, 4) is 45.0 Å². The van der Waals surface area contributed by atoms with E-state index in [2.05, 4.69) is 273 Å². The summed E-state index contributed by atoms with van der Waals surface area (Å²) in [4.78, 5) is 0. The maximum absolute atomic E-state index is 2.44. The number of para-hydroxylation sites is 6. The lowest BCUT2D eigenvalue weighted by Crippen LogP contribution is -1.95. The van der Waals surface area contributed by atoms with Crippen molar-refractivity contribution in [2.45, 2.75) is 0 Å². The molecular weight excluding hydrogens is 849 g/mol. The van der Waals surface area contributed by atoms with E-state index in [0.717, 1.165) is 17.1 Å². The molecule has 11 aromatic carbocycles. The molecule has 4 nitrogen and oxygen atoms in total. The Morgan fingerprint density at radius 1 is 0.157 bits per heavy atom. The van der Waals surface area contributed by atoms with Crippen molar-refractivity contribution in [1.82, 2.24) is 18.3 Å². The summed E-state index contributed by atoms with van der Waals surface area (Å²) in [5.41, 5.74) is 19.0. The molecule has 0 unspecified atom stereocenters. The van der Waals surface area contributed by atoms with Crippen molar-refractivity contribution >= 4 is 87.2 Å². The average molecular weight is 891 g/mol. The van der Waals surface area contributed by atoms with Crippen LogP contribution >= 0.6 is 0 Å². The lowest BCUT2D eigenvalue weighted by atomic mass is 10.0. The molecule has 0 saturated heterocycles. The van der Waals surface area contributed by atoms with Crippen LogP contribution in [0, 0.1) is 0 Å². The molecular formula is C66H42N4. The zero-order chi connectivity index (χ0) is 45.9. The van der Waals surface area contributed by atoms with Gasteiger partial charge in [-0.25, -0.2) is 0 Å². The average Bonchev–Trinajstić information content (AvgIpc) is 4.15. The Morgan fingerprint density at radius 2 is 0.443 bits per heavy atom. The first kappa shape index (κ1) is 38.7. The van der Waals surface area contributed by atoms with Gasteiger partial charge in [0.05, 0.1) is 44.1 Å². The molecule has 0 radical (unpaired) electrons. The molecule has 0 spiro atoms. The number of nitrogens with zero attached hydrogens (tertiary/aromatic N) is 4. The summed E-state index contributed by atoms with van der Waals surface area (Å²) in [5, 5.41) is 9.96. The van der Waals surface area contributed by atoms with Crippen LogP contribution in [-0.2, 0) is 0 Å². The smallest absolute Gasteiger partial charge is 0.0548 e. The second-order valence-electron chi connectivity index (χ2n) is 18.5. The minimum Gasteiger partial charge on any atom is -0.309 e. The Labute approximate surface area is 403 Å². The molecule has 4 heterocycles. The molecule has 0 amide bonds. The lowest BCUT2D eigenvalue weighted by Gasteiger charge is -2.11. The van der Waals surface area contributed by atoms with Crippen molar-refractivity contribution in [3.63, 3.8) is 0 Å². The highest BCUT2D eigenvalue weighted by Crippen LogP contribution is 2.42. The van der Waals surface area contributed by atoms with E-state index in [1.54, 1.807) is 0 Å². The van der Waals surface area contributed by atoms with Crippen LogP contribution in [0.1, 0.15) is 0 Å². The van der Waals surface area contributed by atoms with Gasteiger partial charge in [0.2, 0.25) is 0 Å². The summed E-state index contributed by atoms with van der Waals surface area (Å²) in [6.07, 6.45) is 0. The second-order valence-corrected chi connectivity index (χ2v) is 18.5. The standard InChI is InChI=1S/C66H42N4/c1-3-15-47(16-4-1)67-60-24-12-8-20-52(60)56-39-45(32-38-63(56)67)43-27-33-49(34-28-43)69-61-25-13-9-21-53(61)57-42-66-58(41-65(57)69)54-22-10-14-26-62(54)70(66)50-35-29-44(30-36-50)46-31-37-55-51-19-7-11-23-59(51)68(64(55)40-46)48-17-5-2-6-18-48/h1-42H. The van der Waals surface area contributed by atoms with E-state index in [-0.39, 0.29) is 0 Å². The van der Waals surface area contributed by atoms with Crippen LogP contribution in [0.25, 0.3) is 132 Å². The number of fused-ring (bicyclic) bond motifs is 12. The predicted octanol–water partition coefficient (Wildman–Crippen LogP) is 17.4. The van der Waals surface area contributed by atoms with Gasteiger partial charge in [0.25, 0.3) is 0 Å². The molecule has 0 aliphatic rings.